The van der Waals surface area contributed by atoms with Gasteiger partial charge in [0.2, 0.25) is 0 Å². The maximum atomic E-state index is 8.05. The Hall–Kier alpha value is -5.73. The molecule has 0 fully saturated rings. The van der Waals surface area contributed by atoms with Gasteiger partial charge in [0.25, 0.3) is 0 Å². The Kier molecular flexibility index (Phi) is 5.80. The average Bonchev–Trinajstić information content (AvgIpc) is 3.43. The molecule has 8 aromatic rings. The SMILES string of the molecule is C=c1c(-c2cccc(-c3ccc4oc5ccccc5c4c3)c2)c2ccccc2c(-c2ccc3ccccc3c2)/c1=C/C=N. The van der Waals surface area contributed by atoms with Gasteiger partial charge in [0.15, 0.2) is 0 Å². The van der Waals surface area contributed by atoms with E-state index in [9.17, 15) is 0 Å². The number of para-hydroxylation sites is 1. The first kappa shape index (κ1) is 25.0. The molecule has 0 spiro atoms. The summed E-state index contributed by atoms with van der Waals surface area (Å²) in [5.74, 6) is 0. The molecule has 1 heterocycles. The lowest BCUT2D eigenvalue weighted by molar-refractivity contribution is 0.669. The molecule has 202 valence electrons. The highest BCUT2D eigenvalue weighted by atomic mass is 16.3. The Labute approximate surface area is 249 Å². The zero-order valence-electron chi connectivity index (χ0n) is 23.5. The first-order valence-electron chi connectivity index (χ1n) is 14.5. The van der Waals surface area contributed by atoms with Crippen molar-refractivity contribution in [2.24, 2.45) is 0 Å². The van der Waals surface area contributed by atoms with Crippen LogP contribution in [0.25, 0.3) is 89.5 Å². The van der Waals surface area contributed by atoms with Crippen LogP contribution in [0, 0.1) is 5.41 Å². The topological polar surface area (TPSA) is 37.0 Å². The second kappa shape index (κ2) is 9.97. The highest BCUT2D eigenvalue weighted by molar-refractivity contribution is 6.09. The van der Waals surface area contributed by atoms with E-state index in [1.165, 1.54) is 17.0 Å². The van der Waals surface area contributed by atoms with E-state index in [-0.39, 0.29) is 0 Å². The largest absolute Gasteiger partial charge is 0.456 e. The molecule has 43 heavy (non-hydrogen) atoms. The minimum Gasteiger partial charge on any atom is -0.456 e. The van der Waals surface area contributed by atoms with Crippen LogP contribution in [-0.4, -0.2) is 6.21 Å². The smallest absolute Gasteiger partial charge is 0.135 e. The zero-order valence-corrected chi connectivity index (χ0v) is 23.5. The summed E-state index contributed by atoms with van der Waals surface area (Å²) in [4.78, 5) is 0. The summed E-state index contributed by atoms with van der Waals surface area (Å²) >= 11 is 0. The van der Waals surface area contributed by atoms with Crippen LogP contribution in [0.4, 0.5) is 0 Å². The molecule has 2 heteroatoms. The summed E-state index contributed by atoms with van der Waals surface area (Å²) in [5.41, 5.74) is 8.46. The second-order valence-corrected chi connectivity index (χ2v) is 11.0. The van der Waals surface area contributed by atoms with Crippen molar-refractivity contribution in [1.29, 1.82) is 5.41 Å². The lowest BCUT2D eigenvalue weighted by Crippen LogP contribution is -2.28. The average molecular weight is 550 g/mol. The van der Waals surface area contributed by atoms with Gasteiger partial charge in [0.05, 0.1) is 0 Å². The van der Waals surface area contributed by atoms with E-state index >= 15 is 0 Å². The van der Waals surface area contributed by atoms with Crippen LogP contribution in [0.3, 0.4) is 0 Å². The van der Waals surface area contributed by atoms with E-state index in [1.54, 1.807) is 0 Å². The number of benzene rings is 7. The van der Waals surface area contributed by atoms with Gasteiger partial charge in [0.1, 0.15) is 11.2 Å². The molecule has 0 aliphatic rings. The Morgan fingerprint density at radius 1 is 0.488 bits per heavy atom. The fourth-order valence-corrected chi connectivity index (χ4v) is 6.53. The third kappa shape index (κ3) is 4.07. The number of furan rings is 1. The minimum atomic E-state index is 0.892. The first-order chi connectivity index (χ1) is 21.2. The molecule has 0 amide bonds. The van der Waals surface area contributed by atoms with Gasteiger partial charge in [-0.2, -0.15) is 0 Å². The normalized spacial score (nSPS) is 12.0. The Bertz CT molecular complexity index is 2500. The molecule has 0 aliphatic carbocycles. The molecule has 1 aromatic heterocycles. The predicted molar refractivity (Wildman–Crippen MR) is 183 cm³/mol. The third-order valence-corrected chi connectivity index (χ3v) is 8.51. The Balaban J connectivity index is 1.36. The van der Waals surface area contributed by atoms with Crippen molar-refractivity contribution in [2.45, 2.75) is 0 Å². The summed E-state index contributed by atoms with van der Waals surface area (Å²) in [6.45, 7) is 4.64. The van der Waals surface area contributed by atoms with Gasteiger partial charge in [-0.15, -0.1) is 0 Å². The summed E-state index contributed by atoms with van der Waals surface area (Å²) in [6.07, 6.45) is 3.25. The first-order valence-corrected chi connectivity index (χ1v) is 14.5. The summed E-state index contributed by atoms with van der Waals surface area (Å²) < 4.78 is 6.08. The van der Waals surface area contributed by atoms with E-state index in [1.807, 2.05) is 18.2 Å². The number of nitrogens with one attached hydrogen (secondary N) is 1. The van der Waals surface area contributed by atoms with Crippen LogP contribution in [0.5, 0.6) is 0 Å². The molecule has 0 unspecified atom stereocenters. The molecule has 0 radical (unpaired) electrons. The van der Waals surface area contributed by atoms with Crippen molar-refractivity contribution in [3.05, 3.63) is 144 Å². The van der Waals surface area contributed by atoms with Crippen molar-refractivity contribution < 1.29 is 4.42 Å². The molecule has 0 bridgehead atoms. The molecule has 7 aromatic carbocycles. The molecule has 2 nitrogen and oxygen atoms in total. The van der Waals surface area contributed by atoms with E-state index in [0.29, 0.717) is 0 Å². The van der Waals surface area contributed by atoms with Crippen molar-refractivity contribution in [3.63, 3.8) is 0 Å². The van der Waals surface area contributed by atoms with Crippen LogP contribution in [0.2, 0.25) is 0 Å². The van der Waals surface area contributed by atoms with Crippen LogP contribution in [0.1, 0.15) is 0 Å². The van der Waals surface area contributed by atoms with Gasteiger partial charge in [-0.05, 0) is 102 Å². The molecular weight excluding hydrogens is 522 g/mol. The van der Waals surface area contributed by atoms with Crippen LogP contribution >= 0.6 is 0 Å². The van der Waals surface area contributed by atoms with Crippen LogP contribution in [0.15, 0.2) is 138 Å². The number of hydrogen-bond donors (Lipinski definition) is 1. The molecule has 0 atom stereocenters. The van der Waals surface area contributed by atoms with E-state index in [0.717, 1.165) is 76.5 Å². The summed E-state index contributed by atoms with van der Waals surface area (Å²) in [6, 6.07) is 46.9. The zero-order chi connectivity index (χ0) is 28.9. The van der Waals surface area contributed by atoms with Gasteiger partial charge in [-0.25, -0.2) is 0 Å². The fraction of sp³-hybridized carbons (Fsp3) is 0. The van der Waals surface area contributed by atoms with Gasteiger partial charge in [0, 0.05) is 17.0 Å². The van der Waals surface area contributed by atoms with Crippen molar-refractivity contribution in [2.75, 3.05) is 0 Å². The van der Waals surface area contributed by atoms with Crippen molar-refractivity contribution >= 4 is 62.4 Å². The number of fused-ring (bicyclic) bond motifs is 5. The van der Waals surface area contributed by atoms with E-state index in [2.05, 4.69) is 128 Å². The van der Waals surface area contributed by atoms with Gasteiger partial charge < -0.3 is 9.83 Å². The van der Waals surface area contributed by atoms with Gasteiger partial charge >= 0.3 is 0 Å². The standard InChI is InChI=1S/C41H27NO/c1-26-33(21-22-42)41(32-18-17-27-9-2-3-10-28(27)23-32)36-15-5-4-14-35(36)40(26)31-12-8-11-29(24-31)30-19-20-39-37(25-30)34-13-6-7-16-38(34)43-39/h2-25,42H,1H2/b33-21+,42-22?. The predicted octanol–water partition coefficient (Wildman–Crippen LogP) is 9.73. The molecular formula is C41H27NO. The molecule has 1 N–H and O–H groups in total. The maximum absolute atomic E-state index is 8.05. The van der Waals surface area contributed by atoms with Crippen molar-refractivity contribution in [3.8, 4) is 33.4 Å². The lowest BCUT2D eigenvalue weighted by atomic mass is 9.87. The molecule has 0 aliphatic heterocycles. The fourth-order valence-electron chi connectivity index (χ4n) is 6.53. The Morgan fingerprint density at radius 2 is 1.12 bits per heavy atom. The second-order valence-electron chi connectivity index (χ2n) is 11.0. The van der Waals surface area contributed by atoms with Crippen molar-refractivity contribution in [1.82, 2.24) is 0 Å². The van der Waals surface area contributed by atoms with E-state index in [4.69, 9.17) is 9.83 Å². The van der Waals surface area contributed by atoms with Gasteiger partial charge in [-0.1, -0.05) is 110 Å². The lowest BCUT2D eigenvalue weighted by Gasteiger charge is -2.16. The molecule has 0 saturated carbocycles. The summed E-state index contributed by atoms with van der Waals surface area (Å²) in [5, 5.41) is 16.9. The minimum absolute atomic E-state index is 0.892. The van der Waals surface area contributed by atoms with Gasteiger partial charge in [-0.3, -0.25) is 0 Å². The number of hydrogen-bond acceptors (Lipinski definition) is 2. The van der Waals surface area contributed by atoms with E-state index < -0.39 is 0 Å². The third-order valence-electron chi connectivity index (χ3n) is 8.51. The quantitative estimate of drug-likeness (QED) is 0.218. The highest BCUT2D eigenvalue weighted by Crippen LogP contribution is 2.36. The summed E-state index contributed by atoms with van der Waals surface area (Å²) in [7, 11) is 0. The van der Waals surface area contributed by atoms with Crippen LogP contribution < -0.4 is 10.4 Å². The number of rotatable bonds is 4. The molecule has 0 saturated heterocycles. The van der Waals surface area contributed by atoms with Crippen LogP contribution in [-0.2, 0) is 0 Å². The maximum Gasteiger partial charge on any atom is 0.135 e. The molecule has 8 rings (SSSR count). The Morgan fingerprint density at radius 3 is 1.95 bits per heavy atom. The monoisotopic (exact) mass is 549 g/mol. The highest BCUT2D eigenvalue weighted by Gasteiger charge is 2.15.